The summed E-state index contributed by atoms with van der Waals surface area (Å²) in [5, 5.41) is 2.86. The number of benzene rings is 1. The van der Waals surface area contributed by atoms with Crippen LogP contribution in [0.15, 0.2) is 43.0 Å². The van der Waals surface area contributed by atoms with Crippen molar-refractivity contribution >= 4 is 5.91 Å². The van der Waals surface area contributed by atoms with Gasteiger partial charge in [0.25, 0.3) is 0 Å². The summed E-state index contributed by atoms with van der Waals surface area (Å²) in [6, 6.07) is 8.07. The molecule has 0 bridgehead atoms. The third-order valence-electron chi connectivity index (χ3n) is 3.15. The largest absolute Gasteiger partial charge is 0.356 e. The van der Waals surface area contributed by atoms with Gasteiger partial charge in [-0.3, -0.25) is 4.79 Å². The quantitative estimate of drug-likeness (QED) is 0.844. The van der Waals surface area contributed by atoms with Crippen LogP contribution in [-0.4, -0.2) is 22.0 Å². The van der Waals surface area contributed by atoms with E-state index in [1.807, 2.05) is 35.0 Å². The fourth-order valence-corrected chi connectivity index (χ4v) is 2.20. The molecule has 1 aromatic carbocycles. The summed E-state index contributed by atoms with van der Waals surface area (Å²) in [6.07, 6.45) is 6.30. The zero-order chi connectivity index (χ0) is 11.7. The van der Waals surface area contributed by atoms with Crippen molar-refractivity contribution in [2.24, 2.45) is 0 Å². The zero-order valence-corrected chi connectivity index (χ0v) is 9.34. The number of imidazole rings is 1. The van der Waals surface area contributed by atoms with E-state index >= 15 is 0 Å². The zero-order valence-electron chi connectivity index (χ0n) is 9.34. The van der Waals surface area contributed by atoms with Gasteiger partial charge in [0.1, 0.15) is 0 Å². The monoisotopic (exact) mass is 227 g/mol. The van der Waals surface area contributed by atoms with Gasteiger partial charge in [0.15, 0.2) is 0 Å². The summed E-state index contributed by atoms with van der Waals surface area (Å²) in [5.41, 5.74) is 2.15. The molecule has 3 rings (SSSR count). The van der Waals surface area contributed by atoms with Gasteiger partial charge in [-0.15, -0.1) is 0 Å². The minimum Gasteiger partial charge on any atom is -0.356 e. The molecule has 1 aliphatic rings. The number of carbonyl (C=O) groups excluding carboxylic acids is 1. The maximum atomic E-state index is 11.6. The molecule has 1 N–H and O–H groups in total. The topological polar surface area (TPSA) is 46.9 Å². The van der Waals surface area contributed by atoms with Crippen molar-refractivity contribution < 1.29 is 4.79 Å². The number of aromatic nitrogens is 2. The molecule has 4 nitrogen and oxygen atoms in total. The molecule has 1 amide bonds. The molecule has 86 valence electrons. The van der Waals surface area contributed by atoms with Crippen molar-refractivity contribution in [2.45, 2.75) is 12.3 Å². The molecule has 1 aromatic heterocycles. The first kappa shape index (κ1) is 10.1. The third kappa shape index (κ3) is 1.82. The summed E-state index contributed by atoms with van der Waals surface area (Å²) >= 11 is 0. The molecular formula is C13H13N3O. The van der Waals surface area contributed by atoms with Gasteiger partial charge in [0, 0.05) is 24.6 Å². The van der Waals surface area contributed by atoms with Gasteiger partial charge < -0.3 is 9.88 Å². The smallest absolute Gasteiger partial charge is 0.227 e. The van der Waals surface area contributed by atoms with Crippen LogP contribution in [0, 0.1) is 0 Å². The second kappa shape index (κ2) is 4.05. The van der Waals surface area contributed by atoms with E-state index in [0.29, 0.717) is 0 Å². The Balaban J connectivity index is 1.87. The Labute approximate surface area is 99.3 Å². The Morgan fingerprint density at radius 1 is 1.29 bits per heavy atom. The molecule has 0 spiro atoms. The molecule has 2 heterocycles. The minimum atomic E-state index is 0.0202. The van der Waals surface area contributed by atoms with E-state index < -0.39 is 0 Å². The average Bonchev–Trinajstić information content (AvgIpc) is 3.00. The SMILES string of the molecule is O=C1NCCC1c1ccc(-n2ccnc2)cc1. The predicted molar refractivity (Wildman–Crippen MR) is 63.9 cm³/mol. The summed E-state index contributed by atoms with van der Waals surface area (Å²) in [7, 11) is 0. The molecular weight excluding hydrogens is 214 g/mol. The van der Waals surface area contributed by atoms with Crippen molar-refractivity contribution in [1.29, 1.82) is 0 Å². The molecule has 1 atom stereocenters. The lowest BCUT2D eigenvalue weighted by Crippen LogP contribution is -2.17. The van der Waals surface area contributed by atoms with Crippen molar-refractivity contribution in [3.05, 3.63) is 48.5 Å². The summed E-state index contributed by atoms with van der Waals surface area (Å²) in [4.78, 5) is 15.6. The highest BCUT2D eigenvalue weighted by molar-refractivity contribution is 5.85. The first-order valence-electron chi connectivity index (χ1n) is 5.70. The highest BCUT2D eigenvalue weighted by atomic mass is 16.2. The number of nitrogens with zero attached hydrogens (tertiary/aromatic N) is 2. The second-order valence-electron chi connectivity index (χ2n) is 4.19. The number of carbonyl (C=O) groups is 1. The van der Waals surface area contributed by atoms with Crippen LogP contribution in [-0.2, 0) is 4.79 Å². The molecule has 2 aromatic rings. The standard InChI is InChI=1S/C13H13N3O/c17-13-12(5-6-15-13)10-1-3-11(4-2-10)16-8-7-14-9-16/h1-4,7-9,12H,5-6H2,(H,15,17). The minimum absolute atomic E-state index is 0.0202. The summed E-state index contributed by atoms with van der Waals surface area (Å²) in [6.45, 7) is 0.784. The predicted octanol–water partition coefficient (Wildman–Crippen LogP) is 1.48. The number of hydrogen-bond acceptors (Lipinski definition) is 2. The third-order valence-corrected chi connectivity index (χ3v) is 3.15. The van der Waals surface area contributed by atoms with Crippen molar-refractivity contribution in [1.82, 2.24) is 14.9 Å². The molecule has 1 aliphatic heterocycles. The van der Waals surface area contributed by atoms with E-state index in [0.717, 1.165) is 24.2 Å². The Kier molecular flexibility index (Phi) is 2.40. The molecule has 4 heteroatoms. The number of nitrogens with one attached hydrogen (secondary N) is 1. The number of amides is 1. The first-order chi connectivity index (χ1) is 8.34. The van der Waals surface area contributed by atoms with E-state index in [9.17, 15) is 4.79 Å². The Morgan fingerprint density at radius 3 is 2.71 bits per heavy atom. The lowest BCUT2D eigenvalue weighted by Gasteiger charge is -2.08. The molecule has 17 heavy (non-hydrogen) atoms. The van der Waals surface area contributed by atoms with Crippen LogP contribution >= 0.6 is 0 Å². The van der Waals surface area contributed by atoms with E-state index in [-0.39, 0.29) is 11.8 Å². The average molecular weight is 227 g/mol. The van der Waals surface area contributed by atoms with Crippen LogP contribution < -0.4 is 5.32 Å². The van der Waals surface area contributed by atoms with Crippen LogP contribution in [0.5, 0.6) is 0 Å². The lowest BCUT2D eigenvalue weighted by atomic mass is 9.98. The van der Waals surface area contributed by atoms with Crippen LogP contribution in [0.25, 0.3) is 5.69 Å². The van der Waals surface area contributed by atoms with Crippen LogP contribution in [0.4, 0.5) is 0 Å². The summed E-state index contributed by atoms with van der Waals surface area (Å²) < 4.78 is 1.94. The van der Waals surface area contributed by atoms with Crippen LogP contribution in [0.2, 0.25) is 0 Å². The molecule has 0 saturated carbocycles. The van der Waals surface area contributed by atoms with Crippen LogP contribution in [0.1, 0.15) is 17.9 Å². The normalized spacial score (nSPS) is 19.3. The Bertz CT molecular complexity index is 516. The van der Waals surface area contributed by atoms with Crippen molar-refractivity contribution in [3.8, 4) is 5.69 Å². The first-order valence-corrected chi connectivity index (χ1v) is 5.70. The Morgan fingerprint density at radius 2 is 2.12 bits per heavy atom. The van der Waals surface area contributed by atoms with E-state index in [1.54, 1.807) is 12.5 Å². The summed E-state index contributed by atoms with van der Waals surface area (Å²) in [5.74, 6) is 0.159. The van der Waals surface area contributed by atoms with Crippen molar-refractivity contribution in [2.75, 3.05) is 6.54 Å². The fraction of sp³-hybridized carbons (Fsp3) is 0.231. The highest BCUT2D eigenvalue weighted by Gasteiger charge is 2.25. The molecule has 0 radical (unpaired) electrons. The molecule has 1 fully saturated rings. The number of hydrogen-bond donors (Lipinski definition) is 1. The van der Waals surface area contributed by atoms with Gasteiger partial charge in [-0.25, -0.2) is 4.98 Å². The maximum Gasteiger partial charge on any atom is 0.227 e. The maximum absolute atomic E-state index is 11.6. The van der Waals surface area contributed by atoms with Gasteiger partial charge in [0.05, 0.1) is 12.2 Å². The molecule has 0 aliphatic carbocycles. The van der Waals surface area contributed by atoms with Gasteiger partial charge in [-0.1, -0.05) is 12.1 Å². The lowest BCUT2D eigenvalue weighted by molar-refractivity contribution is -0.120. The van der Waals surface area contributed by atoms with E-state index in [1.165, 1.54) is 0 Å². The number of rotatable bonds is 2. The van der Waals surface area contributed by atoms with Gasteiger partial charge in [-0.2, -0.15) is 0 Å². The van der Waals surface area contributed by atoms with Gasteiger partial charge >= 0.3 is 0 Å². The highest BCUT2D eigenvalue weighted by Crippen LogP contribution is 2.24. The fourth-order valence-electron chi connectivity index (χ4n) is 2.20. The van der Waals surface area contributed by atoms with E-state index in [2.05, 4.69) is 10.3 Å². The molecule has 1 unspecified atom stereocenters. The van der Waals surface area contributed by atoms with Gasteiger partial charge in [-0.05, 0) is 24.1 Å². The van der Waals surface area contributed by atoms with Crippen LogP contribution in [0.3, 0.4) is 0 Å². The molecule has 1 saturated heterocycles. The Hall–Kier alpha value is -2.10. The van der Waals surface area contributed by atoms with Gasteiger partial charge in [0.2, 0.25) is 5.91 Å². The van der Waals surface area contributed by atoms with E-state index in [4.69, 9.17) is 0 Å². The second-order valence-corrected chi connectivity index (χ2v) is 4.19. The van der Waals surface area contributed by atoms with Crippen molar-refractivity contribution in [3.63, 3.8) is 0 Å².